The molecule has 0 saturated heterocycles. The zero-order chi connectivity index (χ0) is 14.8. The first-order valence-electron chi connectivity index (χ1n) is 7.10. The number of hydrogen-bond acceptors (Lipinski definition) is 4. The van der Waals surface area contributed by atoms with Gasteiger partial charge in [-0.1, -0.05) is 35.2 Å². The minimum absolute atomic E-state index is 0.195. The van der Waals surface area contributed by atoms with E-state index in [1.54, 1.807) is 6.07 Å². The van der Waals surface area contributed by atoms with Crippen LogP contribution in [0, 0.1) is 5.82 Å². The van der Waals surface area contributed by atoms with Crippen molar-refractivity contribution in [3.05, 3.63) is 34.3 Å². The minimum Gasteiger partial charge on any atom is -0.368 e. The Labute approximate surface area is 131 Å². The number of nitrogen functional groups attached to an aromatic ring is 1. The van der Waals surface area contributed by atoms with E-state index in [9.17, 15) is 4.39 Å². The summed E-state index contributed by atoms with van der Waals surface area (Å²) in [5, 5.41) is 0. The molecule has 1 aliphatic rings. The molecule has 0 bridgehead atoms. The number of anilines is 1. The molecule has 0 atom stereocenters. The number of benzene rings is 1. The highest BCUT2D eigenvalue weighted by Gasteiger charge is 2.20. The Kier molecular flexibility index (Phi) is 4.14. The van der Waals surface area contributed by atoms with Crippen LogP contribution in [-0.2, 0) is 0 Å². The maximum Gasteiger partial charge on any atom is 0.223 e. The summed E-state index contributed by atoms with van der Waals surface area (Å²) in [5.74, 6) is 1.36. The maximum absolute atomic E-state index is 13.5. The topological polar surface area (TPSA) is 64.7 Å². The van der Waals surface area contributed by atoms with Gasteiger partial charge < -0.3 is 5.73 Å². The SMILES string of the molecule is Nc1nc(-c2cc(F)cc(Br)c2)nc(C2CCCCC2)n1. The van der Waals surface area contributed by atoms with Gasteiger partial charge in [-0.25, -0.2) is 9.37 Å². The fourth-order valence-electron chi connectivity index (χ4n) is 2.76. The average Bonchev–Trinajstić information content (AvgIpc) is 2.46. The fraction of sp³-hybridized carbons (Fsp3) is 0.400. The van der Waals surface area contributed by atoms with Crippen LogP contribution in [0.3, 0.4) is 0 Å². The molecule has 6 heteroatoms. The predicted molar refractivity (Wildman–Crippen MR) is 83.2 cm³/mol. The Morgan fingerprint density at radius 3 is 2.52 bits per heavy atom. The monoisotopic (exact) mass is 350 g/mol. The van der Waals surface area contributed by atoms with Crippen LogP contribution in [0.2, 0.25) is 0 Å². The Bertz CT molecular complexity index is 636. The van der Waals surface area contributed by atoms with E-state index in [0.717, 1.165) is 18.7 Å². The predicted octanol–water partition coefficient (Wildman–Crippen LogP) is 4.07. The van der Waals surface area contributed by atoms with Gasteiger partial charge in [-0.05, 0) is 31.0 Å². The molecule has 21 heavy (non-hydrogen) atoms. The molecule has 1 aliphatic carbocycles. The summed E-state index contributed by atoms with van der Waals surface area (Å²) in [5.41, 5.74) is 6.42. The molecule has 3 rings (SSSR count). The highest BCUT2D eigenvalue weighted by atomic mass is 79.9. The van der Waals surface area contributed by atoms with Crippen molar-refractivity contribution in [1.82, 2.24) is 15.0 Å². The summed E-state index contributed by atoms with van der Waals surface area (Å²) in [7, 11) is 0. The first kappa shape index (κ1) is 14.4. The average molecular weight is 351 g/mol. The third-order valence-electron chi connectivity index (χ3n) is 3.76. The summed E-state index contributed by atoms with van der Waals surface area (Å²) in [6.45, 7) is 0. The van der Waals surface area contributed by atoms with E-state index in [-0.39, 0.29) is 11.8 Å². The van der Waals surface area contributed by atoms with Crippen LogP contribution >= 0.6 is 15.9 Å². The van der Waals surface area contributed by atoms with Crippen LogP contribution in [0.5, 0.6) is 0 Å². The van der Waals surface area contributed by atoms with Gasteiger partial charge in [0.25, 0.3) is 0 Å². The maximum atomic E-state index is 13.5. The summed E-state index contributed by atoms with van der Waals surface area (Å²) >= 11 is 3.28. The fourth-order valence-corrected chi connectivity index (χ4v) is 3.23. The molecule has 1 aromatic heterocycles. The van der Waals surface area contributed by atoms with Crippen molar-refractivity contribution in [3.8, 4) is 11.4 Å². The molecule has 1 heterocycles. The second-order valence-corrected chi connectivity index (χ2v) is 6.28. The van der Waals surface area contributed by atoms with Crippen LogP contribution in [0.1, 0.15) is 43.8 Å². The van der Waals surface area contributed by atoms with Crippen molar-refractivity contribution in [3.63, 3.8) is 0 Å². The Morgan fingerprint density at radius 1 is 1.05 bits per heavy atom. The number of nitrogens with two attached hydrogens (primary N) is 1. The number of nitrogens with zero attached hydrogens (tertiary/aromatic N) is 3. The van der Waals surface area contributed by atoms with E-state index in [1.807, 2.05) is 0 Å². The molecule has 0 amide bonds. The third kappa shape index (κ3) is 3.37. The number of hydrogen-bond donors (Lipinski definition) is 1. The largest absolute Gasteiger partial charge is 0.368 e. The van der Waals surface area contributed by atoms with E-state index in [0.29, 0.717) is 21.8 Å². The van der Waals surface area contributed by atoms with Crippen molar-refractivity contribution in [1.29, 1.82) is 0 Å². The zero-order valence-corrected chi connectivity index (χ0v) is 13.1. The summed E-state index contributed by atoms with van der Waals surface area (Å²) in [6, 6.07) is 4.59. The van der Waals surface area contributed by atoms with Crippen LogP contribution in [0.25, 0.3) is 11.4 Å². The molecule has 110 valence electrons. The lowest BCUT2D eigenvalue weighted by atomic mass is 9.89. The number of halogens is 2. The quantitative estimate of drug-likeness (QED) is 0.886. The normalized spacial score (nSPS) is 16.1. The number of rotatable bonds is 2. The molecule has 0 unspecified atom stereocenters. The summed E-state index contributed by atoms with van der Waals surface area (Å²) < 4.78 is 14.2. The first-order chi connectivity index (χ1) is 10.1. The summed E-state index contributed by atoms with van der Waals surface area (Å²) in [6.07, 6.45) is 5.81. The molecular formula is C15H16BrFN4. The zero-order valence-electron chi connectivity index (χ0n) is 11.5. The second-order valence-electron chi connectivity index (χ2n) is 5.37. The smallest absolute Gasteiger partial charge is 0.223 e. The van der Waals surface area contributed by atoms with E-state index < -0.39 is 0 Å². The van der Waals surface area contributed by atoms with Gasteiger partial charge >= 0.3 is 0 Å². The van der Waals surface area contributed by atoms with E-state index in [1.165, 1.54) is 31.4 Å². The van der Waals surface area contributed by atoms with Crippen molar-refractivity contribution in [2.45, 2.75) is 38.0 Å². The van der Waals surface area contributed by atoms with E-state index >= 15 is 0 Å². The van der Waals surface area contributed by atoms with Gasteiger partial charge in [0, 0.05) is 16.0 Å². The molecule has 0 spiro atoms. The van der Waals surface area contributed by atoms with Gasteiger partial charge in [-0.2, -0.15) is 9.97 Å². The lowest BCUT2D eigenvalue weighted by molar-refractivity contribution is 0.428. The van der Waals surface area contributed by atoms with Crippen LogP contribution in [0.4, 0.5) is 10.3 Å². The molecule has 2 N–H and O–H groups in total. The van der Waals surface area contributed by atoms with Crippen LogP contribution < -0.4 is 5.73 Å². The lowest BCUT2D eigenvalue weighted by Crippen LogP contribution is -2.12. The first-order valence-corrected chi connectivity index (χ1v) is 7.89. The van der Waals surface area contributed by atoms with Crippen molar-refractivity contribution in [2.75, 3.05) is 5.73 Å². The van der Waals surface area contributed by atoms with Gasteiger partial charge in [0.2, 0.25) is 5.95 Å². The Hall–Kier alpha value is -1.56. The van der Waals surface area contributed by atoms with Gasteiger partial charge in [0.1, 0.15) is 11.6 Å². The van der Waals surface area contributed by atoms with Gasteiger partial charge in [-0.15, -0.1) is 0 Å². The summed E-state index contributed by atoms with van der Waals surface area (Å²) in [4.78, 5) is 12.9. The second kappa shape index (κ2) is 6.05. The van der Waals surface area contributed by atoms with Crippen LogP contribution in [-0.4, -0.2) is 15.0 Å². The molecule has 1 saturated carbocycles. The standard InChI is InChI=1S/C15H16BrFN4/c16-11-6-10(7-12(17)8-11)14-19-13(20-15(18)21-14)9-4-2-1-3-5-9/h6-9H,1-5H2,(H2,18,19,20,21). The Balaban J connectivity index is 2.00. The number of aromatic nitrogens is 3. The molecule has 0 radical (unpaired) electrons. The van der Waals surface area contributed by atoms with Gasteiger partial charge in [0.15, 0.2) is 5.82 Å². The molecule has 0 aliphatic heterocycles. The lowest BCUT2D eigenvalue weighted by Gasteiger charge is -2.20. The highest BCUT2D eigenvalue weighted by molar-refractivity contribution is 9.10. The van der Waals surface area contributed by atoms with Crippen molar-refractivity contribution < 1.29 is 4.39 Å². The molecule has 1 fully saturated rings. The minimum atomic E-state index is -0.336. The molecule has 1 aromatic carbocycles. The Morgan fingerprint density at radius 2 is 1.81 bits per heavy atom. The molecule has 2 aromatic rings. The molecule has 4 nitrogen and oxygen atoms in total. The van der Waals surface area contributed by atoms with Crippen LogP contribution in [0.15, 0.2) is 22.7 Å². The van der Waals surface area contributed by atoms with Gasteiger partial charge in [0.05, 0.1) is 0 Å². The van der Waals surface area contributed by atoms with E-state index in [2.05, 4.69) is 30.9 Å². The van der Waals surface area contributed by atoms with Gasteiger partial charge in [-0.3, -0.25) is 0 Å². The third-order valence-corrected chi connectivity index (χ3v) is 4.22. The highest BCUT2D eigenvalue weighted by Crippen LogP contribution is 2.32. The molecular weight excluding hydrogens is 335 g/mol. The van der Waals surface area contributed by atoms with E-state index in [4.69, 9.17) is 5.73 Å². The van der Waals surface area contributed by atoms with Crippen molar-refractivity contribution >= 4 is 21.9 Å². The van der Waals surface area contributed by atoms with Crippen molar-refractivity contribution in [2.24, 2.45) is 0 Å².